The van der Waals surface area contributed by atoms with Crippen molar-refractivity contribution >= 4 is 0 Å². The lowest BCUT2D eigenvalue weighted by atomic mass is 9.94. The molecule has 76 valence electrons. The highest BCUT2D eigenvalue weighted by Gasteiger charge is 2.12. The third-order valence-electron chi connectivity index (χ3n) is 2.95. The van der Waals surface area contributed by atoms with E-state index in [2.05, 4.69) is 42.6 Å². The van der Waals surface area contributed by atoms with Crippen LogP contribution in [0.5, 0.6) is 0 Å². The molecule has 0 bridgehead atoms. The molecule has 1 N–H and O–H groups in total. The van der Waals surface area contributed by atoms with Crippen LogP contribution in [0.15, 0.2) is 36.1 Å². The van der Waals surface area contributed by atoms with Gasteiger partial charge in [-0.25, -0.2) is 0 Å². The molecule has 0 saturated carbocycles. The van der Waals surface area contributed by atoms with E-state index in [9.17, 15) is 0 Å². The molecular weight excluding hydrogens is 170 g/mol. The molecule has 0 spiro atoms. The van der Waals surface area contributed by atoms with Gasteiger partial charge in [-0.1, -0.05) is 31.2 Å². The minimum absolute atomic E-state index is 0.556. The zero-order valence-electron chi connectivity index (χ0n) is 8.87. The van der Waals surface area contributed by atoms with Gasteiger partial charge in [0.15, 0.2) is 0 Å². The molecule has 0 fully saturated rings. The Morgan fingerprint density at radius 1 is 1.21 bits per heavy atom. The number of hydrogen-bond donors (Lipinski definition) is 1. The molecule has 0 aromatic carbocycles. The Bertz CT molecular complexity index is 273. The molecule has 0 saturated heterocycles. The standard InChI is InChI=1S/C13H19N/c1-11-7-9-13(10-8-11)14-12-5-3-2-4-6-12/h3,5-7,9,11,13-14H,2,4,8,10H2,1H3. The first kappa shape index (κ1) is 9.57. The van der Waals surface area contributed by atoms with Gasteiger partial charge < -0.3 is 5.32 Å². The van der Waals surface area contributed by atoms with Crippen molar-refractivity contribution in [2.45, 2.75) is 38.6 Å². The summed E-state index contributed by atoms with van der Waals surface area (Å²) in [4.78, 5) is 0. The summed E-state index contributed by atoms with van der Waals surface area (Å²) in [5, 5.41) is 3.57. The highest BCUT2D eigenvalue weighted by atomic mass is 14.9. The Labute approximate surface area is 86.6 Å². The number of hydrogen-bond acceptors (Lipinski definition) is 1. The fourth-order valence-corrected chi connectivity index (χ4v) is 2.01. The Morgan fingerprint density at radius 3 is 2.79 bits per heavy atom. The largest absolute Gasteiger partial charge is 0.379 e. The fraction of sp³-hybridized carbons (Fsp3) is 0.538. The fourth-order valence-electron chi connectivity index (χ4n) is 2.01. The van der Waals surface area contributed by atoms with Crippen LogP contribution >= 0.6 is 0 Å². The molecule has 2 aliphatic rings. The Balaban J connectivity index is 1.88. The smallest absolute Gasteiger partial charge is 0.0444 e. The van der Waals surface area contributed by atoms with Crippen molar-refractivity contribution in [1.29, 1.82) is 0 Å². The maximum atomic E-state index is 3.57. The zero-order valence-corrected chi connectivity index (χ0v) is 8.87. The first-order chi connectivity index (χ1) is 6.84. The van der Waals surface area contributed by atoms with Crippen molar-refractivity contribution in [2.24, 2.45) is 5.92 Å². The van der Waals surface area contributed by atoms with Gasteiger partial charge in [-0.05, 0) is 37.7 Å². The van der Waals surface area contributed by atoms with Gasteiger partial charge in [-0.3, -0.25) is 0 Å². The van der Waals surface area contributed by atoms with Crippen molar-refractivity contribution in [3.63, 3.8) is 0 Å². The van der Waals surface area contributed by atoms with Crippen LogP contribution in [-0.2, 0) is 0 Å². The molecule has 14 heavy (non-hydrogen) atoms. The van der Waals surface area contributed by atoms with Gasteiger partial charge in [0.2, 0.25) is 0 Å². The zero-order chi connectivity index (χ0) is 9.80. The van der Waals surface area contributed by atoms with Gasteiger partial charge in [-0.2, -0.15) is 0 Å². The molecular formula is C13H19N. The van der Waals surface area contributed by atoms with Crippen LogP contribution in [0.4, 0.5) is 0 Å². The molecule has 2 unspecified atom stereocenters. The quantitative estimate of drug-likeness (QED) is 0.658. The topological polar surface area (TPSA) is 12.0 Å². The van der Waals surface area contributed by atoms with Crippen LogP contribution in [0.3, 0.4) is 0 Å². The van der Waals surface area contributed by atoms with E-state index in [4.69, 9.17) is 0 Å². The molecule has 2 atom stereocenters. The van der Waals surface area contributed by atoms with Crippen LogP contribution in [0.25, 0.3) is 0 Å². The predicted molar refractivity (Wildman–Crippen MR) is 60.9 cm³/mol. The first-order valence-electron chi connectivity index (χ1n) is 5.66. The highest BCUT2D eigenvalue weighted by Crippen LogP contribution is 2.18. The molecule has 0 amide bonds. The summed E-state index contributed by atoms with van der Waals surface area (Å²) in [6.07, 6.45) is 16.4. The average molecular weight is 189 g/mol. The van der Waals surface area contributed by atoms with Gasteiger partial charge in [0, 0.05) is 11.7 Å². The summed E-state index contributed by atoms with van der Waals surface area (Å²) in [5.41, 5.74) is 1.31. The van der Waals surface area contributed by atoms with E-state index in [0.29, 0.717) is 6.04 Å². The minimum Gasteiger partial charge on any atom is -0.379 e. The van der Waals surface area contributed by atoms with Gasteiger partial charge in [0.25, 0.3) is 0 Å². The third kappa shape index (κ3) is 2.50. The Kier molecular flexibility index (Phi) is 3.07. The molecule has 0 aliphatic heterocycles. The van der Waals surface area contributed by atoms with E-state index in [1.807, 2.05) is 0 Å². The second-order valence-corrected chi connectivity index (χ2v) is 4.33. The van der Waals surface area contributed by atoms with Crippen LogP contribution in [0, 0.1) is 5.92 Å². The molecule has 0 aromatic heterocycles. The summed E-state index contributed by atoms with van der Waals surface area (Å²) in [5.74, 6) is 0.768. The highest BCUT2D eigenvalue weighted by molar-refractivity contribution is 5.22. The monoisotopic (exact) mass is 189 g/mol. The van der Waals surface area contributed by atoms with Crippen molar-refractivity contribution in [2.75, 3.05) is 0 Å². The lowest BCUT2D eigenvalue weighted by molar-refractivity contribution is 0.503. The Morgan fingerprint density at radius 2 is 2.14 bits per heavy atom. The maximum Gasteiger partial charge on any atom is 0.0444 e. The second-order valence-electron chi connectivity index (χ2n) is 4.33. The summed E-state index contributed by atoms with van der Waals surface area (Å²) in [7, 11) is 0. The molecule has 1 nitrogen and oxygen atoms in total. The molecule has 0 aromatic rings. The van der Waals surface area contributed by atoms with Crippen LogP contribution in [0.1, 0.15) is 32.6 Å². The lowest BCUT2D eigenvalue weighted by Gasteiger charge is -2.23. The second kappa shape index (κ2) is 4.50. The summed E-state index contributed by atoms with van der Waals surface area (Å²) < 4.78 is 0. The number of allylic oxidation sites excluding steroid dienone is 4. The van der Waals surface area contributed by atoms with Gasteiger partial charge in [0.05, 0.1) is 0 Å². The van der Waals surface area contributed by atoms with Crippen LogP contribution in [0.2, 0.25) is 0 Å². The molecule has 1 heteroatoms. The normalized spacial score (nSPS) is 31.4. The van der Waals surface area contributed by atoms with Crippen LogP contribution in [-0.4, -0.2) is 6.04 Å². The average Bonchev–Trinajstić information content (AvgIpc) is 2.23. The van der Waals surface area contributed by atoms with Gasteiger partial charge >= 0.3 is 0 Å². The van der Waals surface area contributed by atoms with Crippen LogP contribution < -0.4 is 5.32 Å². The van der Waals surface area contributed by atoms with Crippen molar-refractivity contribution < 1.29 is 0 Å². The summed E-state index contributed by atoms with van der Waals surface area (Å²) >= 11 is 0. The maximum absolute atomic E-state index is 3.57. The summed E-state index contributed by atoms with van der Waals surface area (Å²) in [6.45, 7) is 2.28. The van der Waals surface area contributed by atoms with Crippen molar-refractivity contribution in [3.8, 4) is 0 Å². The summed E-state index contributed by atoms with van der Waals surface area (Å²) in [6, 6.07) is 0.556. The number of nitrogens with one attached hydrogen (secondary N) is 1. The van der Waals surface area contributed by atoms with Gasteiger partial charge in [-0.15, -0.1) is 0 Å². The Hall–Kier alpha value is -0.980. The van der Waals surface area contributed by atoms with E-state index in [1.54, 1.807) is 0 Å². The van der Waals surface area contributed by atoms with E-state index >= 15 is 0 Å². The molecule has 0 radical (unpaired) electrons. The van der Waals surface area contributed by atoms with E-state index in [-0.39, 0.29) is 0 Å². The molecule has 2 rings (SSSR count). The van der Waals surface area contributed by atoms with E-state index < -0.39 is 0 Å². The number of rotatable bonds is 2. The van der Waals surface area contributed by atoms with Crippen molar-refractivity contribution in [3.05, 3.63) is 36.1 Å². The van der Waals surface area contributed by atoms with Crippen molar-refractivity contribution in [1.82, 2.24) is 5.32 Å². The SMILES string of the molecule is CC1C=CC(NC2=CCCC=C2)CC1. The molecule has 0 heterocycles. The minimum atomic E-state index is 0.556. The van der Waals surface area contributed by atoms with E-state index in [0.717, 1.165) is 5.92 Å². The third-order valence-corrected chi connectivity index (χ3v) is 2.95. The van der Waals surface area contributed by atoms with E-state index in [1.165, 1.54) is 31.4 Å². The molecule has 2 aliphatic carbocycles. The lowest BCUT2D eigenvalue weighted by Crippen LogP contribution is -2.28. The predicted octanol–water partition coefficient (Wildman–Crippen LogP) is 3.16. The first-order valence-corrected chi connectivity index (χ1v) is 5.66. The van der Waals surface area contributed by atoms with Gasteiger partial charge in [0.1, 0.15) is 0 Å².